The van der Waals surface area contributed by atoms with E-state index >= 15 is 0 Å². The molecule has 0 bridgehead atoms. The van der Waals surface area contributed by atoms with Gasteiger partial charge < -0.3 is 23.9 Å². The number of hydrogen-bond acceptors (Lipinski definition) is 12. The molecule has 0 aliphatic carbocycles. The third-order valence-corrected chi connectivity index (χ3v) is 12.4. The molecule has 4 rings (SSSR count). The first-order chi connectivity index (χ1) is 26.1. The van der Waals surface area contributed by atoms with Crippen molar-refractivity contribution in [2.24, 2.45) is 5.11 Å². The van der Waals surface area contributed by atoms with Crippen LogP contribution in [0.15, 0.2) is 87.4 Å². The van der Waals surface area contributed by atoms with Crippen LogP contribution in [0.1, 0.15) is 77.3 Å². The van der Waals surface area contributed by atoms with Crippen LogP contribution in [0.2, 0.25) is 0 Å². The van der Waals surface area contributed by atoms with Gasteiger partial charge in [0.25, 0.3) is 0 Å². The largest absolute Gasteiger partial charge is 1.00 e. The van der Waals surface area contributed by atoms with E-state index in [-0.39, 0.29) is 82.9 Å². The van der Waals surface area contributed by atoms with E-state index in [9.17, 15) is 43.7 Å². The molecule has 0 saturated heterocycles. The molecule has 0 radical (unpaired) electrons. The quantitative estimate of drug-likeness (QED) is 0.0261. The summed E-state index contributed by atoms with van der Waals surface area (Å²) in [5.41, 5.74) is 10.9. The van der Waals surface area contributed by atoms with Gasteiger partial charge in [-0.15, -0.1) is 0 Å². The second-order valence-electron chi connectivity index (χ2n) is 14.6. The summed E-state index contributed by atoms with van der Waals surface area (Å²) in [6.45, 7) is 8.96. The number of hydrogen-bond donors (Lipinski definition) is 1. The maximum Gasteiger partial charge on any atom is 1.00 e. The van der Waals surface area contributed by atoms with Gasteiger partial charge in [0.15, 0.2) is 5.71 Å². The predicted octanol–water partition coefficient (Wildman–Crippen LogP) is -1.01. The second kappa shape index (κ2) is 21.4. The van der Waals surface area contributed by atoms with Gasteiger partial charge in [-0.3, -0.25) is 4.79 Å². The molecule has 0 aromatic heterocycles. The minimum atomic E-state index is -4.75. The van der Waals surface area contributed by atoms with Crippen LogP contribution in [-0.2, 0) is 46.0 Å². The number of carbonyl (C=O) groups excluding carboxylic acids is 1. The van der Waals surface area contributed by atoms with Crippen LogP contribution in [0.3, 0.4) is 0 Å². The van der Waals surface area contributed by atoms with Crippen LogP contribution in [-0.4, -0.2) is 87.0 Å². The zero-order chi connectivity index (χ0) is 41.5. The molecule has 2 heterocycles. The van der Waals surface area contributed by atoms with Crippen LogP contribution in [0.25, 0.3) is 10.4 Å². The van der Waals surface area contributed by atoms with Crippen molar-refractivity contribution < 1.29 is 107 Å². The van der Waals surface area contributed by atoms with Gasteiger partial charge in [-0.05, 0) is 80.6 Å². The maximum absolute atomic E-state index is 12.2. The average molecular weight is 877 g/mol. The van der Waals surface area contributed by atoms with Crippen molar-refractivity contribution >= 4 is 53.3 Å². The summed E-state index contributed by atoms with van der Waals surface area (Å²) in [4.78, 5) is 16.2. The average Bonchev–Trinajstić information content (AvgIpc) is 3.44. The Bertz CT molecular complexity index is 2360. The molecule has 0 saturated carbocycles. The molecule has 0 spiro atoms. The topological polar surface area (TPSA) is 256 Å². The van der Waals surface area contributed by atoms with Crippen molar-refractivity contribution in [1.29, 1.82) is 0 Å². The summed E-state index contributed by atoms with van der Waals surface area (Å²) in [5, 5.41) is 6.25. The molecule has 304 valence electrons. The van der Waals surface area contributed by atoms with E-state index in [1.165, 1.54) is 30.3 Å². The number of carbonyl (C=O) groups is 1. The Morgan fingerprint density at radius 2 is 1.48 bits per heavy atom. The minimum Gasteiger partial charge on any atom is -0.748 e. The summed E-state index contributed by atoms with van der Waals surface area (Å²) in [6, 6.07) is 8.35. The number of amides is 1. The molecular formula is C37H46N6Na2O10S3. The Labute approximate surface area is 385 Å². The van der Waals surface area contributed by atoms with Crippen molar-refractivity contribution in [3.8, 4) is 0 Å². The Morgan fingerprint density at radius 1 is 0.845 bits per heavy atom. The third-order valence-electron chi connectivity index (χ3n) is 9.92. The first-order valence-electron chi connectivity index (χ1n) is 18.0. The van der Waals surface area contributed by atoms with E-state index in [1.54, 1.807) is 34.9 Å². The zero-order valence-corrected chi connectivity index (χ0v) is 40.1. The van der Waals surface area contributed by atoms with Gasteiger partial charge in [0.05, 0.1) is 25.3 Å². The van der Waals surface area contributed by atoms with Gasteiger partial charge in [-0.2, -0.15) is 4.58 Å². The van der Waals surface area contributed by atoms with Crippen molar-refractivity contribution in [1.82, 2.24) is 5.32 Å². The van der Waals surface area contributed by atoms with Gasteiger partial charge in [0.1, 0.15) is 26.8 Å². The number of azide groups is 1. The number of rotatable bonds is 19. The van der Waals surface area contributed by atoms with Crippen molar-refractivity contribution in [2.75, 3.05) is 36.8 Å². The number of nitrogens with zero attached hydrogens (tertiary/aromatic N) is 5. The summed E-state index contributed by atoms with van der Waals surface area (Å²) in [7, 11) is -13.9. The number of benzene rings is 2. The Kier molecular flexibility index (Phi) is 19.1. The fourth-order valence-electron chi connectivity index (χ4n) is 7.10. The third kappa shape index (κ3) is 13.3. The van der Waals surface area contributed by atoms with E-state index in [0.29, 0.717) is 67.8 Å². The number of allylic oxidation sites excluding steroid dienone is 6. The van der Waals surface area contributed by atoms with Crippen molar-refractivity contribution in [3.63, 3.8) is 0 Å². The van der Waals surface area contributed by atoms with Crippen LogP contribution < -0.4 is 69.3 Å². The Balaban J connectivity index is 0.00000580. The number of fused-ring (bicyclic) bond motifs is 2. The molecule has 0 unspecified atom stereocenters. The van der Waals surface area contributed by atoms with E-state index in [0.717, 1.165) is 17.8 Å². The van der Waals surface area contributed by atoms with Crippen LogP contribution >= 0.6 is 0 Å². The standard InChI is InChI=1S/C37H48N6O10S3.2Na/c1-36(2)29-25-27(55(48,49)50)16-18-31(29)42(22-10-6-9-15-35(44)39-20-11-21-40-41-38)33(36)13-7-5-8-14-34-37(3,4)30-26-28(56(51,52)53)17-19-32(30)43(34)23-12-24-54(45,46)47;;/h5,7-8,13-14,16-19,25-26H,6,9-12,15,20-24H2,1-4H3,(H3-,39,44,45,46,47,48,49,50,51,52,53);;/q;2*+1/p-2. The SMILES string of the molecule is CC1(C)C(/C=C/C=C/C=C2/N(CCCCCC(=O)NCCCN=[N+]=[N-])c3ccc(S(=O)(=O)[O-])cc3C2(C)C)=[N+](CCCS(=O)(=O)[O-])c2ccc(S(=O)(=O)[O-])cc21.[Na+].[Na+]. The molecule has 2 aliphatic rings. The molecule has 2 aromatic carbocycles. The van der Waals surface area contributed by atoms with E-state index < -0.39 is 51.8 Å². The molecule has 21 heteroatoms. The van der Waals surface area contributed by atoms with Gasteiger partial charge in [0.2, 0.25) is 11.6 Å². The minimum absolute atomic E-state index is 0. The van der Waals surface area contributed by atoms with E-state index in [1.807, 2.05) is 33.8 Å². The smallest absolute Gasteiger partial charge is 0.748 e. The maximum atomic E-state index is 12.2. The summed E-state index contributed by atoms with van der Waals surface area (Å²) < 4.78 is 107. The molecule has 0 fully saturated rings. The van der Waals surface area contributed by atoms with Crippen LogP contribution in [0, 0.1) is 0 Å². The first-order valence-corrected chi connectivity index (χ1v) is 22.4. The molecule has 0 atom stereocenters. The number of unbranched alkanes of at least 4 members (excludes halogenated alkanes) is 2. The molecule has 2 aliphatic heterocycles. The van der Waals surface area contributed by atoms with Crippen LogP contribution in [0.5, 0.6) is 0 Å². The second-order valence-corrected chi connectivity index (χ2v) is 18.9. The van der Waals surface area contributed by atoms with Crippen LogP contribution in [0.4, 0.5) is 11.4 Å². The molecule has 58 heavy (non-hydrogen) atoms. The van der Waals surface area contributed by atoms with Crippen molar-refractivity contribution in [3.05, 3.63) is 94.0 Å². The molecule has 1 amide bonds. The van der Waals surface area contributed by atoms with E-state index in [2.05, 4.69) is 20.2 Å². The predicted molar refractivity (Wildman–Crippen MR) is 208 cm³/mol. The molecular weight excluding hydrogens is 831 g/mol. The Morgan fingerprint density at radius 3 is 2.10 bits per heavy atom. The fraction of sp³-hybridized carbons (Fsp3) is 0.459. The fourth-order valence-corrected chi connectivity index (χ4v) is 8.58. The summed E-state index contributed by atoms with van der Waals surface area (Å²) >= 11 is 0. The molecule has 2 aromatic rings. The molecule has 1 N–H and O–H groups in total. The van der Waals surface area contributed by atoms with Gasteiger partial charge >= 0.3 is 59.1 Å². The number of nitrogens with one attached hydrogen (secondary N) is 1. The summed E-state index contributed by atoms with van der Waals surface area (Å²) in [5.74, 6) is -0.685. The number of anilines is 1. The van der Waals surface area contributed by atoms with Gasteiger partial charge in [-0.1, -0.05) is 43.6 Å². The monoisotopic (exact) mass is 876 g/mol. The normalized spacial score (nSPS) is 16.5. The van der Waals surface area contributed by atoms with E-state index in [4.69, 9.17) is 5.53 Å². The van der Waals surface area contributed by atoms with Gasteiger partial charge in [-0.25, -0.2) is 25.3 Å². The Hall–Kier alpha value is -2.36. The first kappa shape index (κ1) is 51.8. The summed E-state index contributed by atoms with van der Waals surface area (Å²) in [6.07, 6.45) is 12.0. The molecule has 16 nitrogen and oxygen atoms in total. The van der Waals surface area contributed by atoms with Gasteiger partial charge in [0, 0.05) is 77.6 Å². The zero-order valence-electron chi connectivity index (χ0n) is 33.7. The van der Waals surface area contributed by atoms with Crippen molar-refractivity contribution in [2.45, 2.75) is 86.8 Å².